The largest absolute Gasteiger partial charge is 0.317 e. The van der Waals surface area contributed by atoms with Gasteiger partial charge in [0.25, 0.3) is 5.69 Å². The van der Waals surface area contributed by atoms with Crippen molar-refractivity contribution in [3.8, 4) is 0 Å². The molecule has 9 heteroatoms. The first-order chi connectivity index (χ1) is 9.90. The molecule has 21 heavy (non-hydrogen) atoms. The lowest BCUT2D eigenvalue weighted by molar-refractivity contribution is -0.388. The molecule has 1 aliphatic rings. The molecular weight excluding hydrogens is 301 g/mol. The Kier molecular flexibility index (Phi) is 4.86. The number of piperidine rings is 1. The summed E-state index contributed by atoms with van der Waals surface area (Å²) >= 11 is 0. The highest BCUT2D eigenvalue weighted by Gasteiger charge is 2.27. The molecular formula is C12H16FN3O4S. The number of hydrogen-bond acceptors (Lipinski definition) is 5. The molecule has 116 valence electrons. The summed E-state index contributed by atoms with van der Waals surface area (Å²) in [5, 5.41) is 14.0. The summed E-state index contributed by atoms with van der Waals surface area (Å²) in [7, 11) is -4.03. The fourth-order valence-corrected chi connectivity index (χ4v) is 3.52. The molecule has 2 N–H and O–H groups in total. The second kappa shape index (κ2) is 6.46. The Morgan fingerprint density at radius 1 is 1.38 bits per heavy atom. The van der Waals surface area contributed by atoms with Gasteiger partial charge in [-0.2, -0.15) is 0 Å². The molecule has 1 saturated heterocycles. The predicted octanol–water partition coefficient (Wildman–Crippen LogP) is 1.01. The summed E-state index contributed by atoms with van der Waals surface area (Å²) in [5.41, 5.74) is -0.757. The van der Waals surface area contributed by atoms with Gasteiger partial charge in [0.2, 0.25) is 10.0 Å². The Morgan fingerprint density at radius 2 is 2.05 bits per heavy atom. The maximum Gasteiger partial charge on any atom is 0.292 e. The van der Waals surface area contributed by atoms with Crippen molar-refractivity contribution < 1.29 is 17.7 Å². The van der Waals surface area contributed by atoms with Crippen LogP contribution in [0.15, 0.2) is 23.1 Å². The first-order valence-corrected chi connectivity index (χ1v) is 8.03. The monoisotopic (exact) mass is 317 g/mol. The Labute approximate surface area is 121 Å². The lowest BCUT2D eigenvalue weighted by Crippen LogP contribution is -2.36. The zero-order valence-corrected chi connectivity index (χ0v) is 12.0. The normalized spacial score (nSPS) is 16.8. The molecule has 1 aromatic rings. The summed E-state index contributed by atoms with van der Waals surface area (Å²) in [6, 6.07) is 2.42. The number of nitrogens with zero attached hydrogens (tertiary/aromatic N) is 1. The van der Waals surface area contributed by atoms with E-state index in [-0.39, 0.29) is 12.5 Å². The van der Waals surface area contributed by atoms with Crippen molar-refractivity contribution in [2.45, 2.75) is 17.7 Å². The van der Waals surface area contributed by atoms with Gasteiger partial charge >= 0.3 is 0 Å². The molecule has 1 aliphatic heterocycles. The number of nitro groups is 1. The van der Waals surface area contributed by atoms with Crippen LogP contribution >= 0.6 is 0 Å². The molecule has 1 heterocycles. The topological polar surface area (TPSA) is 101 Å². The summed E-state index contributed by atoms with van der Waals surface area (Å²) < 4.78 is 39.7. The third kappa shape index (κ3) is 3.96. The summed E-state index contributed by atoms with van der Waals surface area (Å²) in [6.07, 6.45) is 1.68. The highest BCUT2D eigenvalue weighted by molar-refractivity contribution is 7.89. The average molecular weight is 317 g/mol. The molecule has 0 spiro atoms. The Hall–Kier alpha value is -1.58. The number of benzene rings is 1. The van der Waals surface area contributed by atoms with Gasteiger partial charge in [0.15, 0.2) is 4.90 Å². The van der Waals surface area contributed by atoms with Crippen LogP contribution in [0, 0.1) is 21.8 Å². The highest BCUT2D eigenvalue weighted by Crippen LogP contribution is 2.24. The summed E-state index contributed by atoms with van der Waals surface area (Å²) in [6.45, 7) is 1.87. The lowest BCUT2D eigenvalue weighted by Gasteiger charge is -2.22. The van der Waals surface area contributed by atoms with E-state index in [0.29, 0.717) is 6.07 Å². The summed E-state index contributed by atoms with van der Waals surface area (Å²) in [5.74, 6) is -0.653. The van der Waals surface area contributed by atoms with Crippen LogP contribution in [0.4, 0.5) is 10.1 Å². The van der Waals surface area contributed by atoms with Crippen LogP contribution in [0.25, 0.3) is 0 Å². The number of sulfonamides is 1. The minimum atomic E-state index is -4.03. The van der Waals surface area contributed by atoms with E-state index in [4.69, 9.17) is 0 Å². The van der Waals surface area contributed by atoms with Crippen molar-refractivity contribution in [2.75, 3.05) is 19.6 Å². The first kappa shape index (κ1) is 15.8. The second-order valence-electron chi connectivity index (χ2n) is 4.91. The molecule has 0 amide bonds. The van der Waals surface area contributed by atoms with Gasteiger partial charge in [-0.3, -0.25) is 10.1 Å². The molecule has 0 aliphatic carbocycles. The van der Waals surface area contributed by atoms with Crippen molar-refractivity contribution in [1.82, 2.24) is 10.0 Å². The van der Waals surface area contributed by atoms with Crippen molar-refractivity contribution >= 4 is 15.7 Å². The summed E-state index contributed by atoms with van der Waals surface area (Å²) in [4.78, 5) is 9.45. The van der Waals surface area contributed by atoms with E-state index < -0.39 is 31.3 Å². The van der Waals surface area contributed by atoms with Crippen LogP contribution in [-0.4, -0.2) is 33.0 Å². The van der Waals surface area contributed by atoms with E-state index in [0.717, 1.165) is 38.1 Å². The van der Waals surface area contributed by atoms with Gasteiger partial charge in [-0.05, 0) is 44.0 Å². The quantitative estimate of drug-likeness (QED) is 0.623. The SMILES string of the molecule is O=[N+]([O-])c1cc(F)ccc1S(=O)(=O)NCC1CCNCC1. The van der Waals surface area contributed by atoms with E-state index in [1.165, 1.54) is 0 Å². The first-order valence-electron chi connectivity index (χ1n) is 6.54. The number of nitro benzene ring substituents is 1. The zero-order chi connectivity index (χ0) is 15.5. The third-order valence-corrected chi connectivity index (χ3v) is 4.90. The Morgan fingerprint density at radius 3 is 2.67 bits per heavy atom. The second-order valence-corrected chi connectivity index (χ2v) is 6.65. The minimum Gasteiger partial charge on any atom is -0.317 e. The van der Waals surface area contributed by atoms with Gasteiger partial charge in [0, 0.05) is 6.54 Å². The molecule has 0 saturated carbocycles. The van der Waals surface area contributed by atoms with Gasteiger partial charge in [0.1, 0.15) is 5.82 Å². The molecule has 2 rings (SSSR count). The van der Waals surface area contributed by atoms with Crippen molar-refractivity contribution in [1.29, 1.82) is 0 Å². The minimum absolute atomic E-state index is 0.195. The third-order valence-electron chi connectivity index (χ3n) is 3.43. The van der Waals surface area contributed by atoms with Crippen LogP contribution in [0.1, 0.15) is 12.8 Å². The van der Waals surface area contributed by atoms with Gasteiger partial charge in [-0.15, -0.1) is 0 Å². The molecule has 7 nitrogen and oxygen atoms in total. The number of rotatable bonds is 5. The van der Waals surface area contributed by atoms with Gasteiger partial charge < -0.3 is 5.32 Å². The smallest absolute Gasteiger partial charge is 0.292 e. The fourth-order valence-electron chi connectivity index (χ4n) is 2.25. The maximum absolute atomic E-state index is 13.0. The van der Waals surface area contributed by atoms with Gasteiger partial charge in [-0.25, -0.2) is 17.5 Å². The van der Waals surface area contributed by atoms with Crippen LogP contribution in [0.3, 0.4) is 0 Å². The molecule has 1 aromatic carbocycles. The highest BCUT2D eigenvalue weighted by atomic mass is 32.2. The van der Waals surface area contributed by atoms with Crippen molar-refractivity contribution in [3.63, 3.8) is 0 Å². The van der Waals surface area contributed by atoms with Crippen LogP contribution in [-0.2, 0) is 10.0 Å². The molecule has 0 radical (unpaired) electrons. The molecule has 0 aromatic heterocycles. The average Bonchev–Trinajstić information content (AvgIpc) is 2.46. The van der Waals surface area contributed by atoms with E-state index in [2.05, 4.69) is 10.0 Å². The van der Waals surface area contributed by atoms with Gasteiger partial charge in [-0.1, -0.05) is 0 Å². The molecule has 0 unspecified atom stereocenters. The number of nitrogens with one attached hydrogen (secondary N) is 2. The Balaban J connectivity index is 2.17. The van der Waals surface area contributed by atoms with Crippen LogP contribution < -0.4 is 10.0 Å². The van der Waals surface area contributed by atoms with Crippen molar-refractivity contribution in [2.24, 2.45) is 5.92 Å². The number of halogens is 1. The molecule has 0 atom stereocenters. The van der Waals surface area contributed by atoms with Crippen LogP contribution in [0.2, 0.25) is 0 Å². The Bertz CT molecular complexity index is 629. The van der Waals surface area contributed by atoms with E-state index in [1.54, 1.807) is 0 Å². The molecule has 1 fully saturated rings. The maximum atomic E-state index is 13.0. The van der Waals surface area contributed by atoms with Crippen LogP contribution in [0.5, 0.6) is 0 Å². The fraction of sp³-hybridized carbons (Fsp3) is 0.500. The van der Waals surface area contributed by atoms with E-state index >= 15 is 0 Å². The lowest BCUT2D eigenvalue weighted by atomic mass is 9.99. The zero-order valence-electron chi connectivity index (χ0n) is 11.2. The predicted molar refractivity (Wildman–Crippen MR) is 73.8 cm³/mol. The molecule has 0 bridgehead atoms. The standard InChI is InChI=1S/C12H16FN3O4S/c13-10-1-2-12(11(7-10)16(17)18)21(19,20)15-8-9-3-5-14-6-4-9/h1-2,7,9,14-15H,3-6,8H2. The van der Waals surface area contributed by atoms with Crippen molar-refractivity contribution in [3.05, 3.63) is 34.1 Å². The van der Waals surface area contributed by atoms with Gasteiger partial charge in [0.05, 0.1) is 11.0 Å². The van der Waals surface area contributed by atoms with E-state index in [1.807, 2.05) is 0 Å². The van der Waals surface area contributed by atoms with E-state index in [9.17, 15) is 22.9 Å². The number of hydrogen-bond donors (Lipinski definition) is 2.